The van der Waals surface area contributed by atoms with E-state index < -0.39 is 0 Å². The third kappa shape index (κ3) is 4.96. The molecule has 0 aliphatic heterocycles. The van der Waals surface area contributed by atoms with Crippen LogP contribution in [-0.4, -0.2) is 6.54 Å². The summed E-state index contributed by atoms with van der Waals surface area (Å²) in [5.74, 6) is 0. The van der Waals surface area contributed by atoms with Crippen molar-refractivity contribution in [2.45, 2.75) is 19.8 Å². The molecule has 0 aliphatic carbocycles. The number of unbranched alkanes of at least 4 members (excludes halogenated alkanes) is 1. The van der Waals surface area contributed by atoms with Gasteiger partial charge in [-0.25, -0.2) is 0 Å². The van der Waals surface area contributed by atoms with Crippen LogP contribution < -0.4 is 5.32 Å². The smallest absolute Gasteiger partial charge is 0.0340 e. The summed E-state index contributed by atoms with van der Waals surface area (Å²) in [5.41, 5.74) is 4.75. The Morgan fingerprint density at radius 2 is 1.38 bits per heavy atom. The molecule has 0 radical (unpaired) electrons. The molecular weight excluding hydrogens is 254 g/mol. The molecule has 1 nitrogen and oxygen atoms in total. The Bertz CT molecular complexity index is 576. The van der Waals surface area contributed by atoms with Gasteiger partial charge in [-0.2, -0.15) is 0 Å². The van der Waals surface area contributed by atoms with Gasteiger partial charge in [0, 0.05) is 12.2 Å². The number of hydrogen-bond donors (Lipinski definition) is 1. The molecule has 2 rings (SSSR count). The quantitative estimate of drug-likeness (QED) is 0.504. The largest absolute Gasteiger partial charge is 0.385 e. The minimum atomic E-state index is 1.04. The fourth-order valence-electron chi connectivity index (χ4n) is 2.06. The van der Waals surface area contributed by atoms with Crippen LogP contribution in [0.25, 0.3) is 18.2 Å². The summed E-state index contributed by atoms with van der Waals surface area (Å²) in [6.45, 7) is 7.01. The van der Waals surface area contributed by atoms with Crippen LogP contribution in [0.1, 0.15) is 36.5 Å². The average molecular weight is 277 g/mol. The molecule has 108 valence electrons. The lowest BCUT2D eigenvalue weighted by Crippen LogP contribution is -2.00. The van der Waals surface area contributed by atoms with Gasteiger partial charge in [-0.15, -0.1) is 0 Å². The summed E-state index contributed by atoms with van der Waals surface area (Å²) < 4.78 is 0. The molecule has 21 heavy (non-hydrogen) atoms. The highest BCUT2D eigenvalue weighted by Gasteiger charge is 1.92. The third-order valence-corrected chi connectivity index (χ3v) is 3.41. The SMILES string of the molecule is C=Cc1ccc(/C=C/c2ccc(NCCCC)cc2)cc1. The second-order valence-corrected chi connectivity index (χ2v) is 5.11. The van der Waals surface area contributed by atoms with E-state index in [4.69, 9.17) is 0 Å². The lowest BCUT2D eigenvalue weighted by Gasteiger charge is -2.05. The molecule has 0 aliphatic rings. The third-order valence-electron chi connectivity index (χ3n) is 3.41. The zero-order valence-corrected chi connectivity index (χ0v) is 12.7. The van der Waals surface area contributed by atoms with Gasteiger partial charge < -0.3 is 5.32 Å². The van der Waals surface area contributed by atoms with Crippen LogP contribution in [-0.2, 0) is 0 Å². The van der Waals surface area contributed by atoms with Crippen LogP contribution in [0.2, 0.25) is 0 Å². The molecule has 0 fully saturated rings. The van der Waals surface area contributed by atoms with Gasteiger partial charge >= 0.3 is 0 Å². The van der Waals surface area contributed by atoms with Crippen molar-refractivity contribution >= 4 is 23.9 Å². The summed E-state index contributed by atoms with van der Waals surface area (Å²) in [7, 11) is 0. The van der Waals surface area contributed by atoms with Crippen LogP contribution in [0.15, 0.2) is 55.1 Å². The Labute approximate surface area is 128 Å². The standard InChI is InChI=1S/C20H23N/c1-3-5-16-21-20-14-12-19(13-15-20)11-10-18-8-6-17(4-2)7-9-18/h4,6-15,21H,2-3,5,16H2,1H3/b11-10+. The van der Waals surface area contributed by atoms with Crippen LogP contribution >= 0.6 is 0 Å². The molecule has 0 bridgehead atoms. The van der Waals surface area contributed by atoms with Crippen molar-refractivity contribution in [3.63, 3.8) is 0 Å². The minimum Gasteiger partial charge on any atom is -0.385 e. The van der Waals surface area contributed by atoms with Gasteiger partial charge in [-0.1, -0.05) is 74.5 Å². The van der Waals surface area contributed by atoms with Crippen molar-refractivity contribution in [2.24, 2.45) is 0 Å². The van der Waals surface area contributed by atoms with Gasteiger partial charge in [0.1, 0.15) is 0 Å². The van der Waals surface area contributed by atoms with E-state index in [2.05, 4.69) is 79.5 Å². The second kappa shape index (κ2) is 8.11. The maximum atomic E-state index is 3.77. The van der Waals surface area contributed by atoms with Gasteiger partial charge in [0.25, 0.3) is 0 Å². The van der Waals surface area contributed by atoms with E-state index in [0.29, 0.717) is 0 Å². The molecule has 0 saturated heterocycles. The van der Waals surface area contributed by atoms with Crippen molar-refractivity contribution in [3.05, 3.63) is 71.8 Å². The minimum absolute atomic E-state index is 1.04. The summed E-state index contributed by atoms with van der Waals surface area (Å²) in [6, 6.07) is 16.9. The highest BCUT2D eigenvalue weighted by molar-refractivity contribution is 5.71. The van der Waals surface area contributed by atoms with E-state index in [1.807, 2.05) is 6.08 Å². The number of anilines is 1. The number of rotatable bonds is 7. The zero-order valence-electron chi connectivity index (χ0n) is 12.7. The molecule has 2 aromatic rings. The van der Waals surface area contributed by atoms with Gasteiger partial charge in [0.05, 0.1) is 0 Å². The van der Waals surface area contributed by atoms with E-state index in [1.165, 1.54) is 29.7 Å². The Balaban J connectivity index is 1.95. The lowest BCUT2D eigenvalue weighted by atomic mass is 10.1. The molecule has 0 saturated carbocycles. The van der Waals surface area contributed by atoms with Crippen LogP contribution in [0.5, 0.6) is 0 Å². The maximum absolute atomic E-state index is 3.77. The first-order valence-corrected chi connectivity index (χ1v) is 7.56. The summed E-state index contributed by atoms with van der Waals surface area (Å²) in [5, 5.41) is 3.43. The fourth-order valence-corrected chi connectivity index (χ4v) is 2.06. The highest BCUT2D eigenvalue weighted by atomic mass is 14.9. The first kappa shape index (κ1) is 15.1. The van der Waals surface area contributed by atoms with Crippen molar-refractivity contribution in [2.75, 3.05) is 11.9 Å². The summed E-state index contributed by atoms with van der Waals surface area (Å²) >= 11 is 0. The first-order chi connectivity index (χ1) is 10.3. The zero-order chi connectivity index (χ0) is 14.9. The topological polar surface area (TPSA) is 12.0 Å². The van der Waals surface area contributed by atoms with Crippen LogP contribution in [0.4, 0.5) is 5.69 Å². The Hall–Kier alpha value is -2.28. The molecular formula is C20H23N. The first-order valence-electron chi connectivity index (χ1n) is 7.56. The Kier molecular flexibility index (Phi) is 5.83. The molecule has 0 amide bonds. The number of benzene rings is 2. The van der Waals surface area contributed by atoms with Gasteiger partial charge in [-0.3, -0.25) is 0 Å². The van der Waals surface area contributed by atoms with Crippen molar-refractivity contribution < 1.29 is 0 Å². The molecule has 1 N–H and O–H groups in total. The van der Waals surface area contributed by atoms with Crippen LogP contribution in [0.3, 0.4) is 0 Å². The molecule has 0 spiro atoms. The van der Waals surface area contributed by atoms with E-state index >= 15 is 0 Å². The summed E-state index contributed by atoms with van der Waals surface area (Å²) in [6.07, 6.45) is 8.56. The number of nitrogens with one attached hydrogen (secondary N) is 1. The maximum Gasteiger partial charge on any atom is 0.0340 e. The molecule has 1 heteroatoms. The van der Waals surface area contributed by atoms with E-state index in [-0.39, 0.29) is 0 Å². The van der Waals surface area contributed by atoms with Crippen molar-refractivity contribution in [1.29, 1.82) is 0 Å². The molecule has 2 aromatic carbocycles. The lowest BCUT2D eigenvalue weighted by molar-refractivity contribution is 0.834. The predicted octanol–water partition coefficient (Wildman–Crippen LogP) is 5.71. The highest BCUT2D eigenvalue weighted by Crippen LogP contribution is 2.13. The normalized spacial score (nSPS) is 10.7. The van der Waals surface area contributed by atoms with Gasteiger partial charge in [0.2, 0.25) is 0 Å². The fraction of sp³-hybridized carbons (Fsp3) is 0.200. The van der Waals surface area contributed by atoms with Crippen molar-refractivity contribution in [3.8, 4) is 0 Å². The van der Waals surface area contributed by atoms with E-state index in [1.54, 1.807) is 0 Å². The van der Waals surface area contributed by atoms with Crippen LogP contribution in [0, 0.1) is 0 Å². The Morgan fingerprint density at radius 1 is 0.857 bits per heavy atom. The molecule has 0 heterocycles. The van der Waals surface area contributed by atoms with E-state index in [0.717, 1.165) is 12.1 Å². The molecule has 0 atom stereocenters. The molecule has 0 unspecified atom stereocenters. The average Bonchev–Trinajstić information content (AvgIpc) is 2.55. The van der Waals surface area contributed by atoms with Gasteiger partial charge in [-0.05, 0) is 35.2 Å². The predicted molar refractivity (Wildman–Crippen MR) is 95.3 cm³/mol. The van der Waals surface area contributed by atoms with Gasteiger partial charge in [0.15, 0.2) is 0 Å². The Morgan fingerprint density at radius 3 is 1.90 bits per heavy atom. The molecule has 0 aromatic heterocycles. The monoisotopic (exact) mass is 277 g/mol. The summed E-state index contributed by atoms with van der Waals surface area (Å²) in [4.78, 5) is 0. The second-order valence-electron chi connectivity index (χ2n) is 5.11. The van der Waals surface area contributed by atoms with E-state index in [9.17, 15) is 0 Å². The number of hydrogen-bond acceptors (Lipinski definition) is 1. The van der Waals surface area contributed by atoms with Crippen molar-refractivity contribution in [1.82, 2.24) is 0 Å².